The molecule has 1 aliphatic rings. The van der Waals surface area contributed by atoms with Crippen LogP contribution in [-0.2, 0) is 10.5 Å². The van der Waals surface area contributed by atoms with Crippen LogP contribution in [-0.4, -0.2) is 26.1 Å². The SMILES string of the molecule is Fc1ccccc1CSc1ncnc2c1ncn2[C@H]1CCCCO1. The molecule has 7 heteroatoms. The van der Waals surface area contributed by atoms with Crippen molar-refractivity contribution in [2.45, 2.75) is 36.3 Å². The van der Waals surface area contributed by atoms with Gasteiger partial charge in [-0.15, -0.1) is 0 Å². The molecule has 1 fully saturated rings. The van der Waals surface area contributed by atoms with Crippen molar-refractivity contribution >= 4 is 22.9 Å². The molecule has 0 amide bonds. The van der Waals surface area contributed by atoms with Gasteiger partial charge < -0.3 is 4.74 Å². The Balaban J connectivity index is 1.60. The Morgan fingerprint density at radius 2 is 2.12 bits per heavy atom. The number of hydrogen-bond acceptors (Lipinski definition) is 5. The summed E-state index contributed by atoms with van der Waals surface area (Å²) in [4.78, 5) is 13.2. The molecule has 124 valence electrons. The van der Waals surface area contributed by atoms with Gasteiger partial charge in [-0.3, -0.25) is 4.57 Å². The zero-order valence-electron chi connectivity index (χ0n) is 13.1. The van der Waals surface area contributed by atoms with Crippen molar-refractivity contribution in [2.75, 3.05) is 6.61 Å². The molecule has 0 radical (unpaired) electrons. The minimum absolute atomic E-state index is 0.0110. The van der Waals surface area contributed by atoms with Gasteiger partial charge in [0, 0.05) is 12.4 Å². The molecule has 24 heavy (non-hydrogen) atoms. The van der Waals surface area contributed by atoms with Crippen molar-refractivity contribution < 1.29 is 9.13 Å². The van der Waals surface area contributed by atoms with Gasteiger partial charge in [-0.25, -0.2) is 19.3 Å². The maximum atomic E-state index is 13.8. The van der Waals surface area contributed by atoms with Crippen LogP contribution in [0.5, 0.6) is 0 Å². The highest BCUT2D eigenvalue weighted by molar-refractivity contribution is 7.98. The molecule has 0 bridgehead atoms. The number of halogens is 1. The average molecular weight is 344 g/mol. The van der Waals surface area contributed by atoms with Crippen molar-refractivity contribution in [1.82, 2.24) is 19.5 Å². The van der Waals surface area contributed by atoms with Gasteiger partial charge >= 0.3 is 0 Å². The molecule has 0 saturated carbocycles. The Morgan fingerprint density at radius 3 is 2.96 bits per heavy atom. The van der Waals surface area contributed by atoms with E-state index in [-0.39, 0.29) is 12.0 Å². The summed E-state index contributed by atoms with van der Waals surface area (Å²) >= 11 is 1.47. The lowest BCUT2D eigenvalue weighted by Gasteiger charge is -2.23. The zero-order valence-corrected chi connectivity index (χ0v) is 13.9. The summed E-state index contributed by atoms with van der Waals surface area (Å²) in [5.74, 6) is 0.308. The summed E-state index contributed by atoms with van der Waals surface area (Å²) in [5, 5.41) is 0.762. The smallest absolute Gasteiger partial charge is 0.166 e. The maximum absolute atomic E-state index is 13.8. The number of aromatic nitrogens is 4. The van der Waals surface area contributed by atoms with Crippen molar-refractivity contribution in [1.29, 1.82) is 0 Å². The van der Waals surface area contributed by atoms with Crippen LogP contribution in [0.3, 0.4) is 0 Å². The first-order chi connectivity index (χ1) is 11.8. The average Bonchev–Trinajstić information content (AvgIpc) is 3.06. The molecule has 1 aromatic carbocycles. The summed E-state index contributed by atoms with van der Waals surface area (Å²) in [6.07, 6.45) is 6.50. The number of fused-ring (bicyclic) bond motifs is 1. The molecule has 5 nitrogen and oxygen atoms in total. The first kappa shape index (κ1) is 15.5. The predicted molar refractivity (Wildman–Crippen MR) is 90.1 cm³/mol. The summed E-state index contributed by atoms with van der Waals surface area (Å²) in [6, 6.07) is 6.79. The first-order valence-electron chi connectivity index (χ1n) is 7.98. The van der Waals surface area contributed by atoms with Gasteiger partial charge in [-0.2, -0.15) is 0 Å². The van der Waals surface area contributed by atoms with Gasteiger partial charge in [0.1, 0.15) is 28.9 Å². The maximum Gasteiger partial charge on any atom is 0.166 e. The molecule has 0 N–H and O–H groups in total. The van der Waals surface area contributed by atoms with E-state index in [2.05, 4.69) is 15.0 Å². The molecule has 4 rings (SSSR count). The Hall–Kier alpha value is -1.99. The number of nitrogens with zero attached hydrogens (tertiary/aromatic N) is 4. The van der Waals surface area contributed by atoms with Gasteiger partial charge in [0.15, 0.2) is 5.65 Å². The highest BCUT2D eigenvalue weighted by atomic mass is 32.2. The molecule has 0 spiro atoms. The van der Waals surface area contributed by atoms with E-state index < -0.39 is 0 Å². The second kappa shape index (κ2) is 6.86. The topological polar surface area (TPSA) is 52.8 Å². The van der Waals surface area contributed by atoms with Crippen molar-refractivity contribution in [3.63, 3.8) is 0 Å². The lowest BCUT2D eigenvalue weighted by molar-refractivity contribution is -0.0298. The number of thioether (sulfide) groups is 1. The summed E-state index contributed by atoms with van der Waals surface area (Å²) < 4.78 is 21.6. The normalized spacial score (nSPS) is 18.1. The fraction of sp³-hybridized carbons (Fsp3) is 0.353. The van der Waals surface area contributed by atoms with E-state index in [4.69, 9.17) is 4.74 Å². The quantitative estimate of drug-likeness (QED) is 0.530. The molecule has 0 unspecified atom stereocenters. The van der Waals surface area contributed by atoms with Crippen LogP contribution in [0.2, 0.25) is 0 Å². The van der Waals surface area contributed by atoms with Gasteiger partial charge in [0.25, 0.3) is 0 Å². The van der Waals surface area contributed by atoms with Crippen LogP contribution in [0, 0.1) is 5.82 Å². The third-order valence-electron chi connectivity index (χ3n) is 4.11. The number of hydrogen-bond donors (Lipinski definition) is 0. The van der Waals surface area contributed by atoms with E-state index in [0.717, 1.165) is 42.1 Å². The number of ether oxygens (including phenoxy) is 1. The molecule has 3 heterocycles. The van der Waals surface area contributed by atoms with Gasteiger partial charge in [-0.1, -0.05) is 30.0 Å². The van der Waals surface area contributed by atoms with Crippen LogP contribution in [0.1, 0.15) is 31.1 Å². The van der Waals surface area contributed by atoms with Crippen LogP contribution >= 0.6 is 11.8 Å². The molecule has 1 atom stereocenters. The van der Waals surface area contributed by atoms with E-state index in [0.29, 0.717) is 11.3 Å². The van der Waals surface area contributed by atoms with Crippen LogP contribution in [0.25, 0.3) is 11.2 Å². The second-order valence-corrected chi connectivity index (χ2v) is 6.67. The van der Waals surface area contributed by atoms with Crippen LogP contribution in [0.4, 0.5) is 4.39 Å². The predicted octanol–water partition coefficient (Wildman–Crippen LogP) is 3.96. The first-order valence-corrected chi connectivity index (χ1v) is 8.97. The minimum atomic E-state index is -0.198. The van der Waals surface area contributed by atoms with Gasteiger partial charge in [-0.05, 0) is 30.9 Å². The number of benzene rings is 1. The molecular weight excluding hydrogens is 327 g/mol. The third-order valence-corrected chi connectivity index (χ3v) is 5.14. The highest BCUT2D eigenvalue weighted by Crippen LogP contribution is 2.30. The highest BCUT2D eigenvalue weighted by Gasteiger charge is 2.20. The fourth-order valence-corrected chi connectivity index (χ4v) is 3.78. The van der Waals surface area contributed by atoms with E-state index in [1.807, 2.05) is 10.6 Å². The fourth-order valence-electron chi connectivity index (χ4n) is 2.85. The number of imidazole rings is 1. The summed E-state index contributed by atoms with van der Waals surface area (Å²) in [7, 11) is 0. The summed E-state index contributed by atoms with van der Waals surface area (Å²) in [5.41, 5.74) is 2.17. The molecule has 3 aromatic rings. The molecule has 1 aliphatic heterocycles. The lowest BCUT2D eigenvalue weighted by Crippen LogP contribution is -2.17. The van der Waals surface area contributed by atoms with Crippen molar-refractivity contribution in [2.24, 2.45) is 0 Å². The Bertz CT molecular complexity index is 847. The van der Waals surface area contributed by atoms with E-state index >= 15 is 0 Å². The molecule has 0 aliphatic carbocycles. The van der Waals surface area contributed by atoms with Gasteiger partial charge in [0.2, 0.25) is 0 Å². The summed E-state index contributed by atoms with van der Waals surface area (Å²) in [6.45, 7) is 0.768. The van der Waals surface area contributed by atoms with E-state index in [1.165, 1.54) is 24.2 Å². The van der Waals surface area contributed by atoms with E-state index in [9.17, 15) is 4.39 Å². The van der Waals surface area contributed by atoms with Crippen LogP contribution in [0.15, 0.2) is 41.9 Å². The molecule has 2 aromatic heterocycles. The molecule has 1 saturated heterocycles. The Morgan fingerprint density at radius 1 is 1.21 bits per heavy atom. The monoisotopic (exact) mass is 344 g/mol. The molecular formula is C17H17FN4OS. The largest absolute Gasteiger partial charge is 0.358 e. The zero-order chi connectivity index (χ0) is 16.4. The van der Waals surface area contributed by atoms with Gasteiger partial charge in [0.05, 0.1) is 6.33 Å². The Kier molecular flexibility index (Phi) is 4.44. The third kappa shape index (κ3) is 3.01. The van der Waals surface area contributed by atoms with Crippen LogP contribution < -0.4 is 0 Å². The van der Waals surface area contributed by atoms with E-state index in [1.54, 1.807) is 18.5 Å². The second-order valence-electron chi connectivity index (χ2n) is 5.70. The minimum Gasteiger partial charge on any atom is -0.358 e. The van der Waals surface area contributed by atoms with Crippen molar-refractivity contribution in [3.8, 4) is 0 Å². The lowest BCUT2D eigenvalue weighted by atomic mass is 10.2. The van der Waals surface area contributed by atoms with Crippen molar-refractivity contribution in [3.05, 3.63) is 48.3 Å². The standard InChI is InChI=1S/C17H17FN4OS/c18-13-6-2-1-5-12(13)9-24-17-15-16(19-10-20-17)22(11-21-15)14-7-3-4-8-23-14/h1-2,5-6,10-11,14H,3-4,7-9H2/t14-/m1/s1. The Labute approximate surface area is 143 Å². The number of rotatable bonds is 4.